The first-order chi connectivity index (χ1) is 21.5. The topological polar surface area (TPSA) is 115 Å². The molecule has 0 bridgehead atoms. The Morgan fingerprint density at radius 3 is 1.49 bits per heavy atom. The summed E-state index contributed by atoms with van der Waals surface area (Å²) < 4.78 is 0. The zero-order valence-corrected chi connectivity index (χ0v) is 27.7. The van der Waals surface area contributed by atoms with E-state index in [0.717, 1.165) is 27.8 Å². The lowest BCUT2D eigenvalue weighted by Gasteiger charge is -2.08. The van der Waals surface area contributed by atoms with Crippen LogP contribution in [0.4, 0.5) is 17.2 Å². The van der Waals surface area contributed by atoms with Crippen molar-refractivity contribution in [2.24, 2.45) is 0 Å². The second kappa shape index (κ2) is 16.3. The van der Waals surface area contributed by atoms with Crippen LogP contribution >= 0.6 is 58.0 Å². The summed E-state index contributed by atoms with van der Waals surface area (Å²) in [5.74, 6) is 1.70. The number of aryl methyl sites for hydroxylation is 2. The first-order valence-electron chi connectivity index (χ1n) is 13.2. The molecule has 45 heavy (non-hydrogen) atoms. The zero-order valence-electron chi connectivity index (χ0n) is 23.9. The highest BCUT2D eigenvalue weighted by Crippen LogP contribution is 2.22. The van der Waals surface area contributed by atoms with E-state index in [1.165, 1.54) is 0 Å². The number of nitrogens with one attached hydrogen (secondary N) is 1. The predicted molar refractivity (Wildman–Crippen MR) is 186 cm³/mol. The molecule has 0 fully saturated rings. The maximum Gasteiger partial charge on any atom is 0.180 e. The largest absolute Gasteiger partial charge is 0.399 e. The summed E-state index contributed by atoms with van der Waals surface area (Å²) >= 11 is 29.0. The molecule has 6 aromatic rings. The van der Waals surface area contributed by atoms with Gasteiger partial charge in [0.05, 0.1) is 0 Å². The van der Waals surface area contributed by atoms with Crippen molar-refractivity contribution in [2.75, 3.05) is 11.1 Å². The highest BCUT2D eigenvalue weighted by atomic mass is 35.5. The van der Waals surface area contributed by atoms with Gasteiger partial charge in [0, 0.05) is 38.9 Å². The summed E-state index contributed by atoms with van der Waals surface area (Å²) in [5, 5.41) is 5.86. The van der Waals surface area contributed by atoms with Gasteiger partial charge in [0.1, 0.15) is 32.7 Å². The van der Waals surface area contributed by atoms with Gasteiger partial charge in [0.2, 0.25) is 0 Å². The number of benzene rings is 2. The number of nitrogens with two attached hydrogens (primary N) is 1. The van der Waals surface area contributed by atoms with Gasteiger partial charge in [-0.1, -0.05) is 70.1 Å². The summed E-state index contributed by atoms with van der Waals surface area (Å²) in [7, 11) is 0. The molecule has 0 saturated carbocycles. The Morgan fingerprint density at radius 1 is 0.511 bits per heavy atom. The minimum atomic E-state index is 0.402. The number of nitrogens with zero attached hydrogens (tertiary/aromatic N) is 6. The Kier molecular flexibility index (Phi) is 12.3. The fraction of sp³-hybridized carbons (Fsp3) is 0.0625. The predicted octanol–water partition coefficient (Wildman–Crippen LogP) is 9.97. The number of aromatic nitrogens is 6. The van der Waals surface area contributed by atoms with E-state index < -0.39 is 0 Å². The fourth-order valence-corrected chi connectivity index (χ4v) is 4.42. The maximum absolute atomic E-state index is 5.92. The van der Waals surface area contributed by atoms with Gasteiger partial charge in [-0.3, -0.25) is 0 Å². The molecule has 3 N–H and O–H groups in total. The van der Waals surface area contributed by atoms with Crippen molar-refractivity contribution < 1.29 is 0 Å². The third-order valence-corrected chi connectivity index (χ3v) is 6.67. The van der Waals surface area contributed by atoms with Gasteiger partial charge in [-0.15, -0.1) is 0 Å². The lowest BCUT2D eigenvalue weighted by Crippen LogP contribution is -2.00. The standard InChI is InChI=1S/C16H12Cl2N4.C10H7Cl2N3.C6H6ClN/c1-10-9-15(20-12-7-5-11(17)6-8-12)22-16(19-10)13-3-2-4-14(18)21-13;1-6-5-9(12)15-10(13-6)7-3-2-4-8(11)14-7;7-5-1-3-6(8)4-2-5/h2-9H,1H3,(H,19,20,22);2-5H,1H3;1-4H,8H2. The Labute approximate surface area is 285 Å². The molecule has 4 aromatic heterocycles. The molecular formula is C32H25Cl5N8. The molecule has 0 saturated heterocycles. The average Bonchev–Trinajstić information content (AvgIpc) is 3.00. The summed E-state index contributed by atoms with van der Waals surface area (Å²) in [6.45, 7) is 3.75. The van der Waals surface area contributed by atoms with Gasteiger partial charge in [-0.25, -0.2) is 29.9 Å². The Balaban J connectivity index is 0.000000172. The lowest BCUT2D eigenvalue weighted by molar-refractivity contribution is 1.09. The normalized spacial score (nSPS) is 10.2. The number of pyridine rings is 2. The number of hydrogen-bond acceptors (Lipinski definition) is 8. The molecule has 0 unspecified atom stereocenters. The van der Waals surface area contributed by atoms with Crippen LogP contribution in [0.25, 0.3) is 23.0 Å². The second-order valence-corrected chi connectivity index (χ2v) is 11.3. The smallest absolute Gasteiger partial charge is 0.180 e. The molecule has 4 heterocycles. The fourth-order valence-electron chi connectivity index (χ4n) is 3.60. The van der Waals surface area contributed by atoms with Crippen LogP contribution in [0, 0.1) is 13.8 Å². The van der Waals surface area contributed by atoms with Gasteiger partial charge >= 0.3 is 0 Å². The van der Waals surface area contributed by atoms with Gasteiger partial charge < -0.3 is 11.1 Å². The number of halogens is 5. The van der Waals surface area contributed by atoms with Crippen molar-refractivity contribution in [1.82, 2.24) is 29.9 Å². The molecule has 0 amide bonds. The van der Waals surface area contributed by atoms with E-state index >= 15 is 0 Å². The van der Waals surface area contributed by atoms with Crippen LogP contribution in [-0.4, -0.2) is 29.9 Å². The number of rotatable bonds is 4. The molecule has 228 valence electrons. The van der Waals surface area contributed by atoms with E-state index in [0.29, 0.717) is 49.3 Å². The van der Waals surface area contributed by atoms with E-state index in [-0.39, 0.29) is 0 Å². The first kappa shape index (κ1) is 33.8. The first-order valence-corrected chi connectivity index (χ1v) is 15.1. The van der Waals surface area contributed by atoms with Crippen LogP contribution in [0.3, 0.4) is 0 Å². The van der Waals surface area contributed by atoms with Crippen molar-refractivity contribution >= 4 is 75.2 Å². The van der Waals surface area contributed by atoms with Crippen molar-refractivity contribution in [3.05, 3.63) is 134 Å². The molecule has 8 nitrogen and oxygen atoms in total. The molecular weight excluding hydrogens is 674 g/mol. The zero-order chi connectivity index (χ0) is 32.3. The lowest BCUT2D eigenvalue weighted by atomic mass is 10.3. The molecule has 0 radical (unpaired) electrons. The maximum atomic E-state index is 5.92. The van der Waals surface area contributed by atoms with Crippen LogP contribution < -0.4 is 11.1 Å². The molecule has 2 aromatic carbocycles. The van der Waals surface area contributed by atoms with E-state index in [1.807, 2.05) is 56.3 Å². The van der Waals surface area contributed by atoms with Crippen molar-refractivity contribution in [3.63, 3.8) is 0 Å². The van der Waals surface area contributed by atoms with Crippen LogP contribution in [0.2, 0.25) is 25.5 Å². The van der Waals surface area contributed by atoms with E-state index in [2.05, 4.69) is 35.2 Å². The average molecular weight is 699 g/mol. The van der Waals surface area contributed by atoms with Gasteiger partial charge in [0.15, 0.2) is 11.6 Å². The molecule has 0 atom stereocenters. The van der Waals surface area contributed by atoms with Gasteiger partial charge in [0.25, 0.3) is 0 Å². The van der Waals surface area contributed by atoms with Crippen LogP contribution in [0.15, 0.2) is 97.1 Å². The molecule has 0 aliphatic carbocycles. The van der Waals surface area contributed by atoms with Crippen molar-refractivity contribution in [3.8, 4) is 23.0 Å². The quantitative estimate of drug-likeness (QED) is 0.106. The molecule has 13 heteroatoms. The Hall–Kier alpha value is -4.05. The monoisotopic (exact) mass is 696 g/mol. The van der Waals surface area contributed by atoms with Gasteiger partial charge in [-0.05, 0) is 92.7 Å². The molecule has 0 aliphatic rings. The summed E-state index contributed by atoms with van der Waals surface area (Å²) in [5.41, 5.74) is 9.90. The summed E-state index contributed by atoms with van der Waals surface area (Å²) in [4.78, 5) is 25.5. The van der Waals surface area contributed by atoms with Crippen molar-refractivity contribution in [2.45, 2.75) is 13.8 Å². The van der Waals surface area contributed by atoms with E-state index in [1.54, 1.807) is 54.6 Å². The summed E-state index contributed by atoms with van der Waals surface area (Å²) in [6, 6.07) is 28.7. The highest BCUT2D eigenvalue weighted by molar-refractivity contribution is 6.31. The molecule has 0 aliphatic heterocycles. The second-order valence-electron chi connectivity index (χ2n) is 9.25. The number of nitrogen functional groups attached to an aromatic ring is 1. The van der Waals surface area contributed by atoms with Crippen LogP contribution in [0.1, 0.15) is 11.4 Å². The van der Waals surface area contributed by atoms with Crippen LogP contribution in [-0.2, 0) is 0 Å². The van der Waals surface area contributed by atoms with E-state index in [4.69, 9.17) is 63.7 Å². The SMILES string of the molecule is Cc1cc(Cl)nc(-c2cccc(Cl)n2)n1.Cc1cc(Nc2ccc(Cl)cc2)nc(-c2cccc(Cl)n2)n1.Nc1ccc(Cl)cc1. The van der Waals surface area contributed by atoms with Crippen molar-refractivity contribution in [1.29, 1.82) is 0 Å². The van der Waals surface area contributed by atoms with Gasteiger partial charge in [-0.2, -0.15) is 0 Å². The number of anilines is 3. The van der Waals surface area contributed by atoms with E-state index in [9.17, 15) is 0 Å². The Morgan fingerprint density at radius 2 is 1.00 bits per heavy atom. The highest BCUT2D eigenvalue weighted by Gasteiger charge is 2.08. The minimum absolute atomic E-state index is 0.402. The Bertz CT molecular complexity index is 1830. The number of hydrogen-bond donors (Lipinski definition) is 2. The summed E-state index contributed by atoms with van der Waals surface area (Å²) in [6.07, 6.45) is 0. The molecule has 6 rings (SSSR count). The molecule has 0 spiro atoms. The van der Waals surface area contributed by atoms with Crippen LogP contribution in [0.5, 0.6) is 0 Å². The minimum Gasteiger partial charge on any atom is -0.399 e. The third kappa shape index (κ3) is 11.1. The third-order valence-electron chi connectivity index (χ3n) is 5.55.